The molecule has 6 nitrogen and oxygen atoms in total. The lowest BCUT2D eigenvalue weighted by Crippen LogP contribution is -2.25. The molecule has 0 amide bonds. The predicted molar refractivity (Wildman–Crippen MR) is 60.2 cm³/mol. The maximum atomic E-state index is 11.0. The minimum atomic E-state index is -1.03. The van der Waals surface area contributed by atoms with Gasteiger partial charge in [0.15, 0.2) is 0 Å². The fourth-order valence-electron chi connectivity index (χ4n) is 1.43. The van der Waals surface area contributed by atoms with E-state index in [0.717, 1.165) is 6.54 Å². The molecule has 6 heteroatoms. The van der Waals surface area contributed by atoms with Gasteiger partial charge in [-0.15, -0.1) is 0 Å². The number of rotatable bonds is 6. The van der Waals surface area contributed by atoms with Crippen molar-refractivity contribution >= 4 is 5.97 Å². The predicted octanol–water partition coefficient (Wildman–Crippen LogP) is 0.910. The maximum Gasteiger partial charge on any atom is 0.339 e. The Balaban J connectivity index is 2.79. The van der Waals surface area contributed by atoms with E-state index in [1.807, 2.05) is 11.8 Å². The van der Waals surface area contributed by atoms with Crippen molar-refractivity contribution in [3.05, 3.63) is 23.8 Å². The quantitative estimate of drug-likeness (QED) is 0.786. The van der Waals surface area contributed by atoms with E-state index in [-0.39, 0.29) is 5.56 Å². The monoisotopic (exact) mass is 234 g/mol. The second kappa shape index (κ2) is 6.55. The van der Waals surface area contributed by atoms with Gasteiger partial charge in [-0.2, -0.15) is 5.26 Å². The van der Waals surface area contributed by atoms with Gasteiger partial charge in [0.25, 0.3) is 0 Å². The van der Waals surface area contributed by atoms with Crippen molar-refractivity contribution in [2.75, 3.05) is 13.1 Å². The highest BCUT2D eigenvalue weighted by molar-refractivity contribution is 5.88. The standard InChI is InChI=1S/C11H14N4O2/c1-2-15(5-3-4-12)7-10-9(11(16)17)6-13-8-14-10/h6,8H,2-3,5,7H2,1H3,(H,16,17). The molecule has 0 aliphatic heterocycles. The van der Waals surface area contributed by atoms with Crippen LogP contribution in [0.4, 0.5) is 0 Å². The molecule has 0 bridgehead atoms. The van der Waals surface area contributed by atoms with E-state index in [9.17, 15) is 4.79 Å². The molecule has 0 spiro atoms. The Bertz CT molecular complexity index is 428. The molecule has 0 atom stereocenters. The van der Waals surface area contributed by atoms with Gasteiger partial charge in [0.05, 0.1) is 11.8 Å². The molecule has 0 saturated heterocycles. The van der Waals surface area contributed by atoms with Crippen molar-refractivity contribution in [1.29, 1.82) is 5.26 Å². The van der Waals surface area contributed by atoms with Gasteiger partial charge in [0.2, 0.25) is 0 Å². The molecule has 0 aliphatic rings. The highest BCUT2D eigenvalue weighted by Crippen LogP contribution is 2.07. The minimum absolute atomic E-state index is 0.114. The lowest BCUT2D eigenvalue weighted by molar-refractivity contribution is 0.0693. The molecular weight excluding hydrogens is 220 g/mol. The summed E-state index contributed by atoms with van der Waals surface area (Å²) in [4.78, 5) is 20.6. The molecule has 0 aromatic carbocycles. The maximum absolute atomic E-state index is 11.0. The number of nitrogens with zero attached hydrogens (tertiary/aromatic N) is 4. The van der Waals surface area contributed by atoms with Crippen LogP contribution in [-0.2, 0) is 6.54 Å². The van der Waals surface area contributed by atoms with Crippen LogP contribution >= 0.6 is 0 Å². The molecule has 17 heavy (non-hydrogen) atoms. The number of carboxylic acid groups (broad SMARTS) is 1. The second-order valence-corrected chi connectivity index (χ2v) is 3.47. The van der Waals surface area contributed by atoms with Gasteiger partial charge in [0, 0.05) is 25.7 Å². The van der Waals surface area contributed by atoms with Crippen LogP contribution < -0.4 is 0 Å². The molecule has 0 unspecified atom stereocenters. The van der Waals surface area contributed by atoms with Crippen LogP contribution in [-0.4, -0.2) is 39.0 Å². The van der Waals surface area contributed by atoms with Crippen molar-refractivity contribution in [3.8, 4) is 6.07 Å². The summed E-state index contributed by atoms with van der Waals surface area (Å²) in [5.74, 6) is -1.03. The molecule has 0 radical (unpaired) electrons. The van der Waals surface area contributed by atoms with Gasteiger partial charge in [-0.3, -0.25) is 4.90 Å². The molecule has 0 fully saturated rings. The highest BCUT2D eigenvalue weighted by atomic mass is 16.4. The topological polar surface area (TPSA) is 90.1 Å². The molecule has 1 aromatic heterocycles. The molecule has 1 N–H and O–H groups in total. The summed E-state index contributed by atoms with van der Waals surface area (Å²) in [6.45, 7) is 3.72. The smallest absolute Gasteiger partial charge is 0.339 e. The van der Waals surface area contributed by atoms with Gasteiger partial charge in [-0.1, -0.05) is 6.92 Å². The van der Waals surface area contributed by atoms with Crippen molar-refractivity contribution < 1.29 is 9.90 Å². The zero-order valence-corrected chi connectivity index (χ0v) is 9.63. The van der Waals surface area contributed by atoms with E-state index in [2.05, 4.69) is 16.0 Å². The third-order valence-corrected chi connectivity index (χ3v) is 2.39. The van der Waals surface area contributed by atoms with Crippen LogP contribution in [0.5, 0.6) is 0 Å². The highest BCUT2D eigenvalue weighted by Gasteiger charge is 2.13. The number of carboxylic acids is 1. The van der Waals surface area contributed by atoms with Crippen molar-refractivity contribution in [1.82, 2.24) is 14.9 Å². The van der Waals surface area contributed by atoms with Gasteiger partial charge in [-0.25, -0.2) is 14.8 Å². The molecule has 1 rings (SSSR count). The van der Waals surface area contributed by atoms with Gasteiger partial charge in [0.1, 0.15) is 11.9 Å². The molecule has 0 saturated carbocycles. The lowest BCUT2D eigenvalue weighted by atomic mass is 10.2. The van der Waals surface area contributed by atoms with E-state index in [0.29, 0.717) is 25.2 Å². The summed E-state index contributed by atoms with van der Waals surface area (Å²) in [6, 6.07) is 2.06. The first kappa shape index (κ1) is 13.1. The minimum Gasteiger partial charge on any atom is -0.478 e. The average molecular weight is 234 g/mol. The Morgan fingerprint density at radius 1 is 1.65 bits per heavy atom. The largest absolute Gasteiger partial charge is 0.478 e. The Morgan fingerprint density at radius 2 is 2.41 bits per heavy atom. The number of aromatic nitrogens is 2. The van der Waals surface area contributed by atoms with Crippen LogP contribution in [0, 0.1) is 11.3 Å². The summed E-state index contributed by atoms with van der Waals surface area (Å²) in [7, 11) is 0. The van der Waals surface area contributed by atoms with E-state index in [4.69, 9.17) is 10.4 Å². The fourth-order valence-corrected chi connectivity index (χ4v) is 1.43. The fraction of sp³-hybridized carbons (Fsp3) is 0.455. The van der Waals surface area contributed by atoms with Crippen LogP contribution in [0.25, 0.3) is 0 Å². The van der Waals surface area contributed by atoms with Gasteiger partial charge in [-0.05, 0) is 6.54 Å². The number of aromatic carboxylic acids is 1. The summed E-state index contributed by atoms with van der Waals surface area (Å²) < 4.78 is 0. The van der Waals surface area contributed by atoms with E-state index in [1.54, 1.807) is 0 Å². The van der Waals surface area contributed by atoms with Crippen LogP contribution in [0.3, 0.4) is 0 Å². The molecule has 1 heterocycles. The van der Waals surface area contributed by atoms with E-state index < -0.39 is 5.97 Å². The van der Waals surface area contributed by atoms with Crippen LogP contribution in [0.15, 0.2) is 12.5 Å². The molecular formula is C11H14N4O2. The van der Waals surface area contributed by atoms with Crippen molar-refractivity contribution in [2.24, 2.45) is 0 Å². The second-order valence-electron chi connectivity index (χ2n) is 3.47. The SMILES string of the molecule is CCN(CCC#N)Cc1ncncc1C(=O)O. The zero-order valence-electron chi connectivity index (χ0n) is 9.63. The van der Waals surface area contributed by atoms with Crippen LogP contribution in [0.1, 0.15) is 29.4 Å². The van der Waals surface area contributed by atoms with E-state index in [1.165, 1.54) is 12.5 Å². The normalized spacial score (nSPS) is 10.2. The number of carbonyl (C=O) groups is 1. The first-order valence-electron chi connectivity index (χ1n) is 5.30. The van der Waals surface area contributed by atoms with Crippen molar-refractivity contribution in [3.63, 3.8) is 0 Å². The van der Waals surface area contributed by atoms with E-state index >= 15 is 0 Å². The number of nitriles is 1. The lowest BCUT2D eigenvalue weighted by Gasteiger charge is -2.18. The summed E-state index contributed by atoms with van der Waals surface area (Å²) in [5.41, 5.74) is 0.593. The number of hydrogen-bond acceptors (Lipinski definition) is 5. The first-order valence-corrected chi connectivity index (χ1v) is 5.30. The van der Waals surface area contributed by atoms with Crippen LogP contribution in [0.2, 0.25) is 0 Å². The molecule has 90 valence electrons. The third kappa shape index (κ3) is 3.81. The number of hydrogen-bond donors (Lipinski definition) is 1. The Kier molecular flexibility index (Phi) is 5.04. The van der Waals surface area contributed by atoms with Gasteiger partial charge >= 0.3 is 5.97 Å². The third-order valence-electron chi connectivity index (χ3n) is 2.39. The first-order chi connectivity index (χ1) is 8.19. The molecule has 0 aliphatic carbocycles. The summed E-state index contributed by atoms with van der Waals surface area (Å²) in [5, 5.41) is 17.5. The van der Waals surface area contributed by atoms with Gasteiger partial charge < -0.3 is 5.11 Å². The Labute approximate surface area is 99.5 Å². The van der Waals surface area contributed by atoms with Crippen molar-refractivity contribution in [2.45, 2.75) is 19.9 Å². The Hall–Kier alpha value is -2.00. The summed E-state index contributed by atoms with van der Waals surface area (Å²) >= 11 is 0. The molecule has 1 aromatic rings. The average Bonchev–Trinajstić information content (AvgIpc) is 2.34. The zero-order chi connectivity index (χ0) is 12.7. The summed E-state index contributed by atoms with van der Waals surface area (Å²) in [6.07, 6.45) is 3.05. The Morgan fingerprint density at radius 3 is 3.00 bits per heavy atom.